The Bertz CT molecular complexity index is 1140. The standard InChI is InChI=1S/C23H20F3N3O3/c24-23(25,26)21-18(14-29(28-21)17-5-2-1-3-6-17)22(31)27-11-4-7-19(30)15-8-9-20-16(13-15)10-12-32-20/h1-3,5-6,8-9,13-14H,4,7,10-12H2,(H,27,31). The summed E-state index contributed by atoms with van der Waals surface area (Å²) in [5, 5.41) is 6.02. The molecule has 1 N–H and O–H groups in total. The van der Waals surface area contributed by atoms with Gasteiger partial charge in [0.05, 0.1) is 17.9 Å². The molecule has 1 amide bonds. The fourth-order valence-electron chi connectivity index (χ4n) is 3.51. The highest BCUT2D eigenvalue weighted by molar-refractivity contribution is 5.97. The lowest BCUT2D eigenvalue weighted by Crippen LogP contribution is -2.27. The highest BCUT2D eigenvalue weighted by atomic mass is 19.4. The Hall–Kier alpha value is -3.62. The number of nitrogens with one attached hydrogen (secondary N) is 1. The molecule has 6 nitrogen and oxygen atoms in total. The maximum absolute atomic E-state index is 13.4. The van der Waals surface area contributed by atoms with Crippen LogP contribution >= 0.6 is 0 Å². The van der Waals surface area contributed by atoms with E-state index < -0.39 is 23.3 Å². The summed E-state index contributed by atoms with van der Waals surface area (Å²) in [4.78, 5) is 24.8. The molecule has 9 heteroatoms. The molecule has 0 spiro atoms. The number of alkyl halides is 3. The Kier molecular flexibility index (Phi) is 5.98. The summed E-state index contributed by atoms with van der Waals surface area (Å²) >= 11 is 0. The average Bonchev–Trinajstić information content (AvgIpc) is 3.43. The minimum absolute atomic E-state index is 0.0619. The first-order chi connectivity index (χ1) is 15.3. The van der Waals surface area contributed by atoms with Crippen LogP contribution in [0.2, 0.25) is 0 Å². The normalized spacial score (nSPS) is 12.8. The molecule has 0 atom stereocenters. The summed E-state index contributed by atoms with van der Waals surface area (Å²) < 4.78 is 46.7. The summed E-state index contributed by atoms with van der Waals surface area (Å²) in [7, 11) is 0. The first-order valence-electron chi connectivity index (χ1n) is 10.1. The number of fused-ring (bicyclic) bond motifs is 1. The van der Waals surface area contributed by atoms with Gasteiger partial charge in [0.15, 0.2) is 11.5 Å². The number of ketones is 1. The van der Waals surface area contributed by atoms with Crippen LogP contribution in [0.3, 0.4) is 0 Å². The Labute approximate surface area is 182 Å². The Morgan fingerprint density at radius 3 is 2.66 bits per heavy atom. The van der Waals surface area contributed by atoms with Crippen molar-refractivity contribution in [1.29, 1.82) is 0 Å². The quantitative estimate of drug-likeness (QED) is 0.438. The molecule has 3 aromatic rings. The molecule has 0 fully saturated rings. The number of nitrogens with zero attached hydrogens (tertiary/aromatic N) is 2. The second-order valence-corrected chi connectivity index (χ2v) is 7.37. The van der Waals surface area contributed by atoms with E-state index in [4.69, 9.17) is 4.74 Å². The SMILES string of the molecule is O=C(CCCNC(=O)c1cn(-c2ccccc2)nc1C(F)(F)F)c1ccc2c(c1)CCO2. The third-order valence-electron chi connectivity index (χ3n) is 5.13. The number of aromatic nitrogens is 2. The molecule has 2 heterocycles. The molecular formula is C23H20F3N3O3. The Balaban J connectivity index is 1.37. The van der Waals surface area contributed by atoms with Crippen molar-refractivity contribution < 1.29 is 27.5 Å². The molecule has 0 bridgehead atoms. The van der Waals surface area contributed by atoms with Gasteiger partial charge in [0, 0.05) is 31.1 Å². The van der Waals surface area contributed by atoms with Crippen LogP contribution < -0.4 is 10.1 Å². The van der Waals surface area contributed by atoms with Gasteiger partial charge in [-0.05, 0) is 42.3 Å². The predicted molar refractivity (Wildman–Crippen MR) is 110 cm³/mol. The van der Waals surface area contributed by atoms with Gasteiger partial charge in [-0.1, -0.05) is 18.2 Å². The van der Waals surface area contributed by atoms with Gasteiger partial charge in [0.2, 0.25) is 0 Å². The van der Waals surface area contributed by atoms with Gasteiger partial charge in [-0.15, -0.1) is 0 Å². The van der Waals surface area contributed by atoms with E-state index in [9.17, 15) is 22.8 Å². The minimum Gasteiger partial charge on any atom is -0.493 e. The summed E-state index contributed by atoms with van der Waals surface area (Å²) in [5.41, 5.74) is 0.132. The second-order valence-electron chi connectivity index (χ2n) is 7.37. The molecule has 32 heavy (non-hydrogen) atoms. The van der Waals surface area contributed by atoms with E-state index in [-0.39, 0.29) is 18.7 Å². The molecule has 1 aromatic heterocycles. The van der Waals surface area contributed by atoms with Crippen LogP contribution in [0.5, 0.6) is 5.75 Å². The van der Waals surface area contributed by atoms with Crippen molar-refractivity contribution in [2.75, 3.05) is 13.2 Å². The number of carbonyl (C=O) groups is 2. The molecule has 0 aliphatic carbocycles. The molecule has 0 saturated carbocycles. The highest BCUT2D eigenvalue weighted by Crippen LogP contribution is 2.31. The van der Waals surface area contributed by atoms with Crippen molar-refractivity contribution >= 4 is 11.7 Å². The van der Waals surface area contributed by atoms with Gasteiger partial charge in [0.1, 0.15) is 5.75 Å². The first-order valence-corrected chi connectivity index (χ1v) is 10.1. The number of carbonyl (C=O) groups excluding carboxylic acids is 2. The third-order valence-corrected chi connectivity index (χ3v) is 5.13. The van der Waals surface area contributed by atoms with Gasteiger partial charge in [-0.2, -0.15) is 18.3 Å². The van der Waals surface area contributed by atoms with Gasteiger partial charge in [-0.25, -0.2) is 4.68 Å². The Morgan fingerprint density at radius 2 is 1.91 bits per heavy atom. The number of hydrogen-bond acceptors (Lipinski definition) is 4. The number of para-hydroxylation sites is 1. The second kappa shape index (κ2) is 8.86. The van der Waals surface area contributed by atoms with E-state index in [0.29, 0.717) is 24.3 Å². The topological polar surface area (TPSA) is 73.2 Å². The van der Waals surface area contributed by atoms with Crippen molar-refractivity contribution in [2.45, 2.75) is 25.4 Å². The van der Waals surface area contributed by atoms with Gasteiger partial charge < -0.3 is 10.1 Å². The average molecular weight is 443 g/mol. The van der Waals surface area contributed by atoms with Crippen molar-refractivity contribution in [1.82, 2.24) is 15.1 Å². The van der Waals surface area contributed by atoms with Gasteiger partial charge in [-0.3, -0.25) is 9.59 Å². The number of hydrogen-bond donors (Lipinski definition) is 1. The lowest BCUT2D eigenvalue weighted by molar-refractivity contribution is -0.141. The summed E-state index contributed by atoms with van der Waals surface area (Å²) in [6.45, 7) is 0.659. The van der Waals surface area contributed by atoms with Crippen LogP contribution in [-0.4, -0.2) is 34.6 Å². The van der Waals surface area contributed by atoms with Crippen LogP contribution in [0.4, 0.5) is 13.2 Å². The minimum atomic E-state index is -4.78. The van der Waals surface area contributed by atoms with Gasteiger partial charge >= 0.3 is 6.18 Å². The number of benzene rings is 2. The molecule has 166 valence electrons. The number of ether oxygens (including phenoxy) is 1. The smallest absolute Gasteiger partial charge is 0.435 e. The maximum Gasteiger partial charge on any atom is 0.435 e. The number of rotatable bonds is 7. The molecule has 4 rings (SSSR count). The highest BCUT2D eigenvalue weighted by Gasteiger charge is 2.39. The maximum atomic E-state index is 13.4. The van der Waals surface area contributed by atoms with E-state index in [2.05, 4.69) is 10.4 Å². The number of halogens is 3. The molecule has 0 radical (unpaired) electrons. The van der Waals surface area contributed by atoms with Crippen molar-refractivity contribution in [3.63, 3.8) is 0 Å². The summed E-state index contributed by atoms with van der Waals surface area (Å²) in [6, 6.07) is 13.5. The molecule has 0 saturated heterocycles. The first kappa shape index (κ1) is 21.6. The predicted octanol–water partition coefficient (Wildman–Crippen LogP) is 4.22. The summed E-state index contributed by atoms with van der Waals surface area (Å²) in [5.74, 6) is -0.200. The Morgan fingerprint density at radius 1 is 1.12 bits per heavy atom. The van der Waals surface area contributed by atoms with E-state index in [1.807, 2.05) is 0 Å². The van der Waals surface area contributed by atoms with E-state index >= 15 is 0 Å². The zero-order valence-corrected chi connectivity index (χ0v) is 17.0. The van der Waals surface area contributed by atoms with Crippen LogP contribution in [0.15, 0.2) is 54.7 Å². The van der Waals surface area contributed by atoms with E-state index in [0.717, 1.165) is 28.6 Å². The van der Waals surface area contributed by atoms with Crippen LogP contribution in [-0.2, 0) is 12.6 Å². The fourth-order valence-corrected chi connectivity index (χ4v) is 3.51. The summed E-state index contributed by atoms with van der Waals surface area (Å²) in [6.07, 6.45) is -2.50. The number of amides is 1. The lowest BCUT2D eigenvalue weighted by atomic mass is 10.0. The monoisotopic (exact) mass is 443 g/mol. The van der Waals surface area contributed by atoms with Crippen molar-refractivity contribution in [3.05, 3.63) is 77.1 Å². The van der Waals surface area contributed by atoms with Crippen LogP contribution in [0.25, 0.3) is 5.69 Å². The van der Waals surface area contributed by atoms with E-state index in [1.165, 1.54) is 0 Å². The van der Waals surface area contributed by atoms with Crippen LogP contribution in [0, 0.1) is 0 Å². The fraction of sp³-hybridized carbons (Fsp3) is 0.261. The number of Topliss-reactive ketones (excluding diaryl/α,β-unsaturated/α-hetero) is 1. The zero-order chi connectivity index (χ0) is 22.7. The molecule has 0 unspecified atom stereocenters. The van der Waals surface area contributed by atoms with Gasteiger partial charge in [0.25, 0.3) is 5.91 Å². The molecule has 2 aromatic carbocycles. The molecular weight excluding hydrogens is 423 g/mol. The zero-order valence-electron chi connectivity index (χ0n) is 17.0. The lowest BCUT2D eigenvalue weighted by Gasteiger charge is -2.07. The van der Waals surface area contributed by atoms with E-state index in [1.54, 1.807) is 48.5 Å². The van der Waals surface area contributed by atoms with Crippen LogP contribution in [0.1, 0.15) is 44.8 Å². The largest absolute Gasteiger partial charge is 0.493 e. The van der Waals surface area contributed by atoms with Crippen molar-refractivity contribution in [2.24, 2.45) is 0 Å². The molecule has 1 aliphatic rings. The third kappa shape index (κ3) is 4.66. The van der Waals surface area contributed by atoms with Crippen molar-refractivity contribution in [3.8, 4) is 11.4 Å². The molecule has 1 aliphatic heterocycles.